The van der Waals surface area contributed by atoms with Crippen molar-refractivity contribution in [2.75, 3.05) is 13.7 Å². The average Bonchev–Trinajstić information content (AvgIpc) is 2.38. The highest BCUT2D eigenvalue weighted by atomic mass is 16.5. The van der Waals surface area contributed by atoms with E-state index in [9.17, 15) is 0 Å². The molecule has 17 heavy (non-hydrogen) atoms. The fourth-order valence-corrected chi connectivity index (χ4v) is 1.68. The van der Waals surface area contributed by atoms with Gasteiger partial charge in [0.2, 0.25) is 0 Å². The monoisotopic (exact) mass is 237 g/mol. The largest absolute Gasteiger partial charge is 0.497 e. The van der Waals surface area contributed by atoms with E-state index in [1.807, 2.05) is 18.2 Å². The van der Waals surface area contributed by atoms with E-state index in [1.54, 1.807) is 7.11 Å². The Balaban J connectivity index is 2.49. The molecule has 0 aliphatic rings. The number of unbranched alkanes of at least 4 members (excludes halogenated alkanes) is 3. The van der Waals surface area contributed by atoms with Crippen LogP contribution >= 0.6 is 0 Å². The predicted molar refractivity (Wildman–Crippen MR) is 70.5 cm³/mol. The van der Waals surface area contributed by atoms with Crippen molar-refractivity contribution < 1.29 is 9.47 Å². The lowest BCUT2D eigenvalue weighted by Gasteiger charge is -2.11. The first-order valence-electron chi connectivity index (χ1n) is 6.31. The van der Waals surface area contributed by atoms with Crippen molar-refractivity contribution in [1.82, 2.24) is 0 Å². The van der Waals surface area contributed by atoms with Gasteiger partial charge in [-0.15, -0.1) is 0 Å². The van der Waals surface area contributed by atoms with E-state index >= 15 is 0 Å². The van der Waals surface area contributed by atoms with Crippen molar-refractivity contribution in [2.24, 2.45) is 5.73 Å². The Bertz CT molecular complexity index is 326. The molecule has 0 aliphatic carbocycles. The van der Waals surface area contributed by atoms with Gasteiger partial charge in [0.1, 0.15) is 11.5 Å². The average molecular weight is 237 g/mol. The highest BCUT2D eigenvalue weighted by Crippen LogP contribution is 2.24. The van der Waals surface area contributed by atoms with Crippen LogP contribution in [0.5, 0.6) is 11.5 Å². The Kier molecular flexibility index (Phi) is 6.48. The van der Waals surface area contributed by atoms with E-state index in [0.29, 0.717) is 6.54 Å². The maximum Gasteiger partial charge on any atom is 0.127 e. The summed E-state index contributed by atoms with van der Waals surface area (Å²) in [6.45, 7) is 3.45. The fraction of sp³-hybridized carbons (Fsp3) is 0.571. The lowest BCUT2D eigenvalue weighted by molar-refractivity contribution is 0.300. The SMILES string of the molecule is CCCCCCOc1cc(OC)ccc1CN. The predicted octanol–water partition coefficient (Wildman–Crippen LogP) is 3.11. The van der Waals surface area contributed by atoms with E-state index in [2.05, 4.69) is 6.92 Å². The maximum absolute atomic E-state index is 5.76. The molecule has 0 amide bonds. The van der Waals surface area contributed by atoms with Crippen LogP contribution in [0.25, 0.3) is 0 Å². The molecule has 96 valence electrons. The number of hydrogen-bond donors (Lipinski definition) is 1. The van der Waals surface area contributed by atoms with Crippen LogP contribution < -0.4 is 15.2 Å². The summed E-state index contributed by atoms with van der Waals surface area (Å²) < 4.78 is 10.9. The molecule has 2 N–H and O–H groups in total. The van der Waals surface area contributed by atoms with Crippen LogP contribution in [0.3, 0.4) is 0 Å². The number of nitrogens with two attached hydrogens (primary N) is 1. The second kappa shape index (κ2) is 7.96. The Labute approximate surface area is 104 Å². The van der Waals surface area contributed by atoms with Crippen molar-refractivity contribution in [3.63, 3.8) is 0 Å². The van der Waals surface area contributed by atoms with Gasteiger partial charge in [-0.2, -0.15) is 0 Å². The Morgan fingerprint density at radius 3 is 2.65 bits per heavy atom. The molecule has 0 spiro atoms. The molecular formula is C14H23NO2. The Hall–Kier alpha value is -1.22. The van der Waals surface area contributed by atoms with Crippen LogP contribution in [-0.2, 0) is 6.54 Å². The summed E-state index contributed by atoms with van der Waals surface area (Å²) in [5.41, 5.74) is 6.70. The molecule has 0 radical (unpaired) electrons. The van der Waals surface area contributed by atoms with Crippen molar-refractivity contribution in [1.29, 1.82) is 0 Å². The number of benzene rings is 1. The molecule has 1 rings (SSSR count). The van der Waals surface area contributed by atoms with Crippen LogP contribution in [0, 0.1) is 0 Å². The summed E-state index contributed by atoms with van der Waals surface area (Å²) >= 11 is 0. The molecule has 0 heterocycles. The molecule has 1 aromatic rings. The van der Waals surface area contributed by atoms with Gasteiger partial charge in [-0.05, 0) is 12.5 Å². The van der Waals surface area contributed by atoms with Crippen molar-refractivity contribution >= 4 is 0 Å². The molecule has 0 aliphatic heterocycles. The summed E-state index contributed by atoms with van der Waals surface area (Å²) in [5.74, 6) is 1.66. The van der Waals surface area contributed by atoms with Gasteiger partial charge in [0.25, 0.3) is 0 Å². The van der Waals surface area contributed by atoms with Gasteiger partial charge in [0.05, 0.1) is 13.7 Å². The number of hydrogen-bond acceptors (Lipinski definition) is 3. The Morgan fingerprint density at radius 1 is 1.18 bits per heavy atom. The highest BCUT2D eigenvalue weighted by molar-refractivity contribution is 5.40. The quantitative estimate of drug-likeness (QED) is 0.706. The van der Waals surface area contributed by atoms with Crippen molar-refractivity contribution in [2.45, 2.75) is 39.2 Å². The summed E-state index contributed by atoms with van der Waals surface area (Å²) in [6.07, 6.45) is 4.83. The first kappa shape index (κ1) is 13.8. The first-order chi connectivity index (χ1) is 8.31. The molecule has 3 nitrogen and oxygen atoms in total. The smallest absolute Gasteiger partial charge is 0.127 e. The zero-order chi connectivity index (χ0) is 12.5. The van der Waals surface area contributed by atoms with Gasteiger partial charge in [-0.3, -0.25) is 0 Å². The number of rotatable bonds is 8. The molecular weight excluding hydrogens is 214 g/mol. The van der Waals surface area contributed by atoms with Crippen LogP contribution in [0.4, 0.5) is 0 Å². The molecule has 0 bridgehead atoms. The molecule has 0 unspecified atom stereocenters. The van der Waals surface area contributed by atoms with Gasteiger partial charge in [-0.1, -0.05) is 32.3 Å². The van der Waals surface area contributed by atoms with Gasteiger partial charge >= 0.3 is 0 Å². The second-order valence-electron chi connectivity index (χ2n) is 4.09. The van der Waals surface area contributed by atoms with E-state index in [4.69, 9.17) is 15.2 Å². The minimum absolute atomic E-state index is 0.494. The van der Waals surface area contributed by atoms with Crippen LogP contribution in [0.1, 0.15) is 38.2 Å². The lowest BCUT2D eigenvalue weighted by atomic mass is 10.2. The zero-order valence-corrected chi connectivity index (χ0v) is 10.9. The highest BCUT2D eigenvalue weighted by Gasteiger charge is 2.04. The third-order valence-electron chi connectivity index (χ3n) is 2.75. The second-order valence-corrected chi connectivity index (χ2v) is 4.09. The minimum atomic E-state index is 0.494. The van der Waals surface area contributed by atoms with E-state index in [-0.39, 0.29) is 0 Å². The lowest BCUT2D eigenvalue weighted by Crippen LogP contribution is -2.04. The normalized spacial score (nSPS) is 10.3. The molecule has 0 saturated carbocycles. The van der Waals surface area contributed by atoms with Gasteiger partial charge in [0, 0.05) is 18.2 Å². The van der Waals surface area contributed by atoms with Crippen LogP contribution in [0.15, 0.2) is 18.2 Å². The molecule has 0 saturated heterocycles. The van der Waals surface area contributed by atoms with Crippen molar-refractivity contribution in [3.05, 3.63) is 23.8 Å². The standard InChI is InChI=1S/C14H23NO2/c1-3-4-5-6-9-17-14-10-13(16-2)8-7-12(14)11-15/h7-8,10H,3-6,9,11,15H2,1-2H3. The van der Waals surface area contributed by atoms with Gasteiger partial charge in [0.15, 0.2) is 0 Å². The van der Waals surface area contributed by atoms with Crippen LogP contribution in [-0.4, -0.2) is 13.7 Å². The van der Waals surface area contributed by atoms with Gasteiger partial charge in [-0.25, -0.2) is 0 Å². The number of ether oxygens (including phenoxy) is 2. The Morgan fingerprint density at radius 2 is 2.00 bits per heavy atom. The summed E-state index contributed by atoms with van der Waals surface area (Å²) in [4.78, 5) is 0. The minimum Gasteiger partial charge on any atom is -0.497 e. The molecule has 0 fully saturated rings. The summed E-state index contributed by atoms with van der Waals surface area (Å²) in [7, 11) is 1.66. The zero-order valence-electron chi connectivity index (χ0n) is 10.9. The van der Waals surface area contributed by atoms with Crippen molar-refractivity contribution in [3.8, 4) is 11.5 Å². The molecule has 1 aromatic carbocycles. The van der Waals surface area contributed by atoms with Crippen LogP contribution in [0.2, 0.25) is 0 Å². The van der Waals surface area contributed by atoms with Gasteiger partial charge < -0.3 is 15.2 Å². The van der Waals surface area contributed by atoms with E-state index in [0.717, 1.165) is 30.1 Å². The number of methoxy groups -OCH3 is 1. The first-order valence-corrected chi connectivity index (χ1v) is 6.31. The molecule has 0 aromatic heterocycles. The molecule has 3 heteroatoms. The third-order valence-corrected chi connectivity index (χ3v) is 2.75. The maximum atomic E-state index is 5.76. The van der Waals surface area contributed by atoms with E-state index < -0.39 is 0 Å². The summed E-state index contributed by atoms with van der Waals surface area (Å²) in [5, 5.41) is 0. The fourth-order valence-electron chi connectivity index (χ4n) is 1.68. The topological polar surface area (TPSA) is 44.5 Å². The molecule has 0 atom stereocenters. The third kappa shape index (κ3) is 4.65. The van der Waals surface area contributed by atoms with E-state index in [1.165, 1.54) is 19.3 Å². The summed E-state index contributed by atoms with van der Waals surface area (Å²) in [6, 6.07) is 5.77.